The maximum absolute atomic E-state index is 3.93. The molecule has 0 spiro atoms. The average Bonchev–Trinajstić information content (AvgIpc) is 3.07. The second kappa shape index (κ2) is 11.6. The quantitative estimate of drug-likeness (QED) is 0.0851. The molecule has 0 amide bonds. The average molecular weight is 681 g/mol. The standard InChI is InChI=1S/C44H40Si4/c1-45(2)29-25-41-33-17-9-11-19-35(33)43(36-20-12-10-18-34(36)41)27-31-47(5,6)48(7,8)32-28-44-39-23-15-13-21-37(39)42(26-30-46(45,3)4)38-22-14-16-24-40(38)44/h9-24H,1-8H3. The van der Waals surface area contributed by atoms with Crippen LogP contribution < -0.4 is 0 Å². The van der Waals surface area contributed by atoms with Crippen LogP contribution >= 0.6 is 0 Å². The lowest BCUT2D eigenvalue weighted by atomic mass is 9.92. The molecule has 0 atom stereocenters. The summed E-state index contributed by atoms with van der Waals surface area (Å²) in [5.41, 5.74) is 20.2. The lowest BCUT2D eigenvalue weighted by Crippen LogP contribution is -2.53. The Labute approximate surface area is 289 Å². The summed E-state index contributed by atoms with van der Waals surface area (Å²) >= 11 is 0. The number of hydrogen-bond donors (Lipinski definition) is 0. The predicted molar refractivity (Wildman–Crippen MR) is 220 cm³/mol. The van der Waals surface area contributed by atoms with Crippen molar-refractivity contribution in [3.63, 3.8) is 0 Å². The normalized spacial score (nSPS) is 17.0. The number of rotatable bonds is 0. The van der Waals surface area contributed by atoms with Crippen molar-refractivity contribution >= 4 is 73.5 Å². The van der Waals surface area contributed by atoms with Crippen LogP contribution in [0.1, 0.15) is 22.3 Å². The van der Waals surface area contributed by atoms with Gasteiger partial charge in [0.15, 0.2) is 0 Å². The zero-order valence-electron chi connectivity index (χ0n) is 29.2. The molecule has 0 nitrogen and oxygen atoms in total. The Balaban J connectivity index is 1.61. The minimum atomic E-state index is -2.09. The summed E-state index contributed by atoms with van der Waals surface area (Å²) in [5, 5.41) is 9.49. The first-order valence-corrected chi connectivity index (χ1v) is 30.8. The Bertz CT molecular complexity index is 2110. The summed E-state index contributed by atoms with van der Waals surface area (Å²) in [6.45, 7) is 19.4. The van der Waals surface area contributed by atoms with E-state index in [-0.39, 0.29) is 0 Å². The van der Waals surface area contributed by atoms with E-state index in [1.165, 1.54) is 43.1 Å². The summed E-state index contributed by atoms with van der Waals surface area (Å²) < 4.78 is 0. The van der Waals surface area contributed by atoms with E-state index in [4.69, 9.17) is 0 Å². The van der Waals surface area contributed by atoms with Crippen molar-refractivity contribution in [2.24, 2.45) is 0 Å². The molecular formula is C44H40Si4. The van der Waals surface area contributed by atoms with Gasteiger partial charge in [-0.1, -0.05) is 173 Å². The second-order valence-corrected chi connectivity index (χ2v) is 44.2. The van der Waals surface area contributed by atoms with E-state index in [0.717, 1.165) is 22.3 Å². The third-order valence-corrected chi connectivity index (χ3v) is 40.5. The highest BCUT2D eigenvalue weighted by atomic mass is 29.3. The molecule has 6 aromatic carbocycles. The Morgan fingerprint density at radius 2 is 0.417 bits per heavy atom. The fourth-order valence-electron chi connectivity index (χ4n) is 6.30. The van der Waals surface area contributed by atoms with Gasteiger partial charge >= 0.3 is 0 Å². The van der Waals surface area contributed by atoms with E-state index in [0.29, 0.717) is 0 Å². The summed E-state index contributed by atoms with van der Waals surface area (Å²) in [7, 11) is -8.37. The van der Waals surface area contributed by atoms with Crippen molar-refractivity contribution in [3.8, 4) is 45.9 Å². The topological polar surface area (TPSA) is 0 Å². The van der Waals surface area contributed by atoms with E-state index < -0.39 is 30.4 Å². The molecule has 4 bridgehead atoms. The molecule has 0 aromatic heterocycles. The van der Waals surface area contributed by atoms with Crippen LogP contribution in [0.3, 0.4) is 0 Å². The van der Waals surface area contributed by atoms with E-state index in [2.05, 4.69) is 195 Å². The van der Waals surface area contributed by atoms with Crippen LogP contribution in [-0.2, 0) is 0 Å². The van der Waals surface area contributed by atoms with Crippen LogP contribution in [0.25, 0.3) is 43.1 Å². The summed E-state index contributed by atoms with van der Waals surface area (Å²) in [4.78, 5) is 0. The van der Waals surface area contributed by atoms with Gasteiger partial charge in [0.2, 0.25) is 0 Å². The first kappa shape index (κ1) is 32.0. The third kappa shape index (κ3) is 5.27. The van der Waals surface area contributed by atoms with E-state index in [1.54, 1.807) is 0 Å². The van der Waals surface area contributed by atoms with E-state index in [9.17, 15) is 0 Å². The predicted octanol–water partition coefficient (Wildman–Crippen LogP) is 10.6. The Hall–Kier alpha value is -4.53. The Morgan fingerprint density at radius 1 is 0.271 bits per heavy atom. The molecule has 0 unspecified atom stereocenters. The van der Waals surface area contributed by atoms with Gasteiger partial charge in [0.05, 0.1) is 0 Å². The van der Waals surface area contributed by atoms with Crippen molar-refractivity contribution in [1.29, 1.82) is 0 Å². The molecule has 0 fully saturated rings. The van der Waals surface area contributed by atoms with Gasteiger partial charge in [0.25, 0.3) is 0 Å². The number of benzene rings is 6. The molecule has 0 radical (unpaired) electrons. The van der Waals surface area contributed by atoms with Crippen LogP contribution in [-0.4, -0.2) is 30.4 Å². The number of fused-ring (bicyclic) bond motifs is 6. The van der Waals surface area contributed by atoms with Gasteiger partial charge < -0.3 is 0 Å². The van der Waals surface area contributed by atoms with Gasteiger partial charge in [-0.3, -0.25) is 0 Å². The highest BCUT2D eigenvalue weighted by Crippen LogP contribution is 2.35. The molecule has 1 heterocycles. The molecule has 0 saturated heterocycles. The second-order valence-electron chi connectivity index (χ2n) is 15.2. The maximum Gasteiger partial charge on any atom is 0.138 e. The van der Waals surface area contributed by atoms with Gasteiger partial charge in [0, 0.05) is 22.3 Å². The van der Waals surface area contributed by atoms with Crippen LogP contribution in [0.5, 0.6) is 0 Å². The fourth-order valence-corrected chi connectivity index (χ4v) is 13.8. The largest absolute Gasteiger partial charge is 0.138 e. The maximum atomic E-state index is 3.93. The van der Waals surface area contributed by atoms with Gasteiger partial charge in [-0.05, 0) is 43.1 Å². The minimum absolute atomic E-state index is 1.11. The molecule has 0 aliphatic carbocycles. The molecule has 6 aromatic rings. The van der Waals surface area contributed by atoms with Crippen molar-refractivity contribution in [1.82, 2.24) is 0 Å². The van der Waals surface area contributed by atoms with Gasteiger partial charge in [-0.15, -0.1) is 22.2 Å². The summed E-state index contributed by atoms with van der Waals surface area (Å²) in [5.74, 6) is 15.2. The molecule has 1 aliphatic heterocycles. The minimum Gasteiger partial charge on any atom is -0.128 e. The first-order chi connectivity index (χ1) is 22.8. The zero-order valence-corrected chi connectivity index (χ0v) is 33.2. The molecule has 48 heavy (non-hydrogen) atoms. The van der Waals surface area contributed by atoms with Crippen molar-refractivity contribution in [2.75, 3.05) is 0 Å². The van der Waals surface area contributed by atoms with Crippen molar-refractivity contribution in [2.45, 2.75) is 52.4 Å². The summed E-state index contributed by atoms with van der Waals surface area (Å²) in [6.07, 6.45) is 0. The molecular weight excluding hydrogens is 641 g/mol. The fraction of sp³-hybridized carbons (Fsp3) is 0.182. The lowest BCUT2D eigenvalue weighted by Gasteiger charge is -2.28. The molecule has 7 rings (SSSR count). The molecule has 0 saturated carbocycles. The van der Waals surface area contributed by atoms with E-state index >= 15 is 0 Å². The number of hydrogen-bond acceptors (Lipinski definition) is 0. The molecule has 4 heteroatoms. The SMILES string of the molecule is C[Si]1(C)C#Cc2c3ccccc3c(c3ccccc23)C#C[Si](C)(C)[Si](C)(C)C#Cc2c3ccccc3c(c3ccccc23)C#C[Si]1(C)C. The molecule has 1 aliphatic rings. The third-order valence-electron chi connectivity index (χ3n) is 11.0. The van der Waals surface area contributed by atoms with Crippen LogP contribution in [0.15, 0.2) is 97.1 Å². The smallest absolute Gasteiger partial charge is 0.128 e. The molecule has 0 N–H and O–H groups in total. The monoisotopic (exact) mass is 680 g/mol. The van der Waals surface area contributed by atoms with Gasteiger partial charge in [-0.2, -0.15) is 0 Å². The van der Waals surface area contributed by atoms with Gasteiger partial charge in [0.1, 0.15) is 30.4 Å². The van der Waals surface area contributed by atoms with Crippen molar-refractivity contribution in [3.05, 3.63) is 119 Å². The van der Waals surface area contributed by atoms with Gasteiger partial charge in [-0.25, -0.2) is 0 Å². The highest BCUT2D eigenvalue weighted by Gasteiger charge is 2.40. The van der Waals surface area contributed by atoms with Crippen LogP contribution in [0, 0.1) is 45.9 Å². The van der Waals surface area contributed by atoms with Crippen LogP contribution in [0.2, 0.25) is 52.4 Å². The zero-order chi connectivity index (χ0) is 33.9. The Kier molecular flexibility index (Phi) is 7.72. The van der Waals surface area contributed by atoms with Crippen molar-refractivity contribution < 1.29 is 0 Å². The molecule has 232 valence electrons. The lowest BCUT2D eigenvalue weighted by molar-refractivity contribution is 1.70. The Morgan fingerprint density at radius 3 is 0.562 bits per heavy atom. The highest BCUT2D eigenvalue weighted by molar-refractivity contribution is 7.47. The van der Waals surface area contributed by atoms with E-state index in [1.807, 2.05) is 0 Å². The summed E-state index contributed by atoms with van der Waals surface area (Å²) in [6, 6.07) is 34.9. The first-order valence-electron chi connectivity index (χ1n) is 16.8. The van der Waals surface area contributed by atoms with Crippen LogP contribution in [0.4, 0.5) is 0 Å².